The lowest BCUT2D eigenvalue weighted by molar-refractivity contribution is 0.102. The fourth-order valence-electron chi connectivity index (χ4n) is 2.24. The van der Waals surface area contributed by atoms with E-state index in [-0.39, 0.29) is 5.91 Å². The second-order valence-electron chi connectivity index (χ2n) is 5.18. The van der Waals surface area contributed by atoms with E-state index in [9.17, 15) is 4.79 Å². The maximum absolute atomic E-state index is 12.5. The Labute approximate surface area is 150 Å². The molecule has 0 aliphatic rings. The number of hydrogen-bond acceptors (Lipinski definition) is 5. The molecule has 1 aromatic heterocycles. The Balaban J connectivity index is 1.69. The van der Waals surface area contributed by atoms with E-state index < -0.39 is 0 Å². The zero-order valence-electron chi connectivity index (χ0n) is 13.8. The molecule has 5 nitrogen and oxygen atoms in total. The maximum atomic E-state index is 12.5. The normalized spacial score (nSPS) is 10.3. The van der Waals surface area contributed by atoms with E-state index in [0.29, 0.717) is 36.0 Å². The third-order valence-corrected chi connectivity index (χ3v) is 4.04. The number of rotatable bonds is 7. The predicted octanol–water partition coefficient (Wildman–Crippen LogP) is 4.37. The minimum absolute atomic E-state index is 0.216. The quantitative estimate of drug-likeness (QED) is 0.684. The fraction of sp³-hybridized carbons (Fsp3) is 0.158. The molecule has 2 aromatic carbocycles. The third-order valence-electron chi connectivity index (χ3n) is 3.40. The van der Waals surface area contributed by atoms with Crippen molar-refractivity contribution >= 4 is 22.9 Å². The van der Waals surface area contributed by atoms with Gasteiger partial charge in [-0.15, -0.1) is 11.3 Å². The summed E-state index contributed by atoms with van der Waals surface area (Å²) in [6.45, 7) is 2.82. The molecule has 6 heteroatoms. The number of para-hydroxylation sites is 2. The second-order valence-corrected chi connectivity index (χ2v) is 5.90. The minimum atomic E-state index is -0.216. The number of thiazole rings is 1. The molecule has 0 radical (unpaired) electrons. The molecule has 0 aliphatic carbocycles. The van der Waals surface area contributed by atoms with Crippen LogP contribution in [0.4, 0.5) is 5.69 Å². The summed E-state index contributed by atoms with van der Waals surface area (Å²) in [6.07, 6.45) is 0. The monoisotopic (exact) mass is 354 g/mol. The summed E-state index contributed by atoms with van der Waals surface area (Å²) in [5, 5.41) is 4.81. The summed E-state index contributed by atoms with van der Waals surface area (Å²) in [4.78, 5) is 16.7. The van der Waals surface area contributed by atoms with Crippen molar-refractivity contribution in [2.24, 2.45) is 0 Å². The van der Waals surface area contributed by atoms with Gasteiger partial charge in [0, 0.05) is 10.9 Å². The topological polar surface area (TPSA) is 60.5 Å². The van der Waals surface area contributed by atoms with Crippen LogP contribution in [-0.2, 0) is 6.61 Å². The Morgan fingerprint density at radius 2 is 2.04 bits per heavy atom. The first-order valence-corrected chi connectivity index (χ1v) is 8.83. The first-order chi connectivity index (χ1) is 12.3. The van der Waals surface area contributed by atoms with Crippen molar-refractivity contribution < 1.29 is 14.3 Å². The van der Waals surface area contributed by atoms with E-state index in [1.54, 1.807) is 23.7 Å². The van der Waals surface area contributed by atoms with Gasteiger partial charge in [0.05, 0.1) is 23.5 Å². The van der Waals surface area contributed by atoms with Gasteiger partial charge < -0.3 is 14.8 Å². The molecule has 0 unspecified atom stereocenters. The molecule has 1 N–H and O–H groups in total. The van der Waals surface area contributed by atoms with Crippen LogP contribution >= 0.6 is 11.3 Å². The van der Waals surface area contributed by atoms with Gasteiger partial charge in [0.25, 0.3) is 5.91 Å². The van der Waals surface area contributed by atoms with E-state index in [2.05, 4.69) is 10.3 Å². The molecular formula is C19H18N2O3S. The van der Waals surface area contributed by atoms with Gasteiger partial charge in [-0.2, -0.15) is 0 Å². The van der Waals surface area contributed by atoms with Gasteiger partial charge >= 0.3 is 0 Å². The van der Waals surface area contributed by atoms with Gasteiger partial charge in [0.1, 0.15) is 18.1 Å². The van der Waals surface area contributed by atoms with Crippen molar-refractivity contribution in [1.82, 2.24) is 4.98 Å². The molecule has 0 atom stereocenters. The molecule has 0 saturated carbocycles. The number of nitrogens with zero attached hydrogens (tertiary/aromatic N) is 1. The lowest BCUT2D eigenvalue weighted by atomic mass is 10.2. The molecule has 3 aromatic rings. The van der Waals surface area contributed by atoms with Crippen molar-refractivity contribution in [3.05, 3.63) is 70.7 Å². The van der Waals surface area contributed by atoms with Crippen LogP contribution in [0.1, 0.15) is 23.0 Å². The first kappa shape index (κ1) is 17.0. The number of nitrogens with one attached hydrogen (secondary N) is 1. The molecule has 0 bridgehead atoms. The number of benzene rings is 2. The van der Waals surface area contributed by atoms with Crippen LogP contribution in [0.5, 0.6) is 11.5 Å². The number of carbonyl (C=O) groups is 1. The Morgan fingerprint density at radius 3 is 2.84 bits per heavy atom. The van der Waals surface area contributed by atoms with E-state index in [4.69, 9.17) is 9.47 Å². The largest absolute Gasteiger partial charge is 0.492 e. The van der Waals surface area contributed by atoms with Crippen LogP contribution in [0, 0.1) is 0 Å². The number of carbonyl (C=O) groups excluding carboxylic acids is 1. The molecule has 128 valence electrons. The van der Waals surface area contributed by atoms with Crippen molar-refractivity contribution in [3.63, 3.8) is 0 Å². The molecule has 3 rings (SSSR count). The number of anilines is 1. The van der Waals surface area contributed by atoms with Gasteiger partial charge in [-0.05, 0) is 37.3 Å². The highest BCUT2D eigenvalue weighted by molar-refractivity contribution is 7.07. The van der Waals surface area contributed by atoms with Crippen LogP contribution in [0.25, 0.3) is 0 Å². The summed E-state index contributed by atoms with van der Waals surface area (Å²) in [5.41, 5.74) is 3.79. The SMILES string of the molecule is CCOc1ccccc1NC(=O)c1cccc(OCc2cscn2)c1. The molecule has 0 spiro atoms. The Kier molecular flexibility index (Phi) is 5.64. The highest BCUT2D eigenvalue weighted by atomic mass is 32.1. The van der Waals surface area contributed by atoms with Crippen LogP contribution in [-0.4, -0.2) is 17.5 Å². The van der Waals surface area contributed by atoms with Gasteiger partial charge in [-0.25, -0.2) is 4.98 Å². The third kappa shape index (κ3) is 4.58. The Bertz CT molecular complexity index is 834. The van der Waals surface area contributed by atoms with E-state index in [0.717, 1.165) is 5.69 Å². The Morgan fingerprint density at radius 1 is 1.16 bits per heavy atom. The summed E-state index contributed by atoms with van der Waals surface area (Å²) >= 11 is 1.52. The highest BCUT2D eigenvalue weighted by Crippen LogP contribution is 2.25. The minimum Gasteiger partial charge on any atom is -0.492 e. The average Bonchev–Trinajstić information content (AvgIpc) is 3.16. The molecular weight excluding hydrogens is 336 g/mol. The Hall–Kier alpha value is -2.86. The molecule has 1 amide bonds. The van der Waals surface area contributed by atoms with Gasteiger partial charge in [-0.3, -0.25) is 4.79 Å². The van der Waals surface area contributed by atoms with Crippen LogP contribution < -0.4 is 14.8 Å². The lowest BCUT2D eigenvalue weighted by Gasteiger charge is -2.12. The number of amides is 1. The summed E-state index contributed by atoms with van der Waals surface area (Å²) < 4.78 is 11.2. The standard InChI is InChI=1S/C19H18N2O3S/c1-2-23-18-9-4-3-8-17(18)21-19(22)14-6-5-7-16(10-14)24-11-15-12-25-13-20-15/h3-10,12-13H,2,11H2,1H3,(H,21,22). The van der Waals surface area contributed by atoms with Crippen LogP contribution in [0.3, 0.4) is 0 Å². The van der Waals surface area contributed by atoms with Gasteiger partial charge in [0.15, 0.2) is 0 Å². The summed E-state index contributed by atoms with van der Waals surface area (Å²) in [5.74, 6) is 1.05. The molecule has 1 heterocycles. The first-order valence-electron chi connectivity index (χ1n) is 7.89. The summed E-state index contributed by atoms with van der Waals surface area (Å²) in [7, 11) is 0. The van der Waals surface area contributed by atoms with E-state index in [1.807, 2.05) is 42.6 Å². The zero-order chi connectivity index (χ0) is 17.5. The second kappa shape index (κ2) is 8.30. The predicted molar refractivity (Wildman–Crippen MR) is 98.5 cm³/mol. The van der Waals surface area contributed by atoms with Crippen molar-refractivity contribution in [3.8, 4) is 11.5 Å². The average molecular weight is 354 g/mol. The van der Waals surface area contributed by atoms with Crippen molar-refractivity contribution in [1.29, 1.82) is 0 Å². The van der Waals surface area contributed by atoms with Crippen LogP contribution in [0.2, 0.25) is 0 Å². The highest BCUT2D eigenvalue weighted by Gasteiger charge is 2.10. The van der Waals surface area contributed by atoms with E-state index in [1.165, 1.54) is 11.3 Å². The fourth-order valence-corrected chi connectivity index (χ4v) is 2.78. The maximum Gasteiger partial charge on any atom is 0.255 e. The number of aromatic nitrogens is 1. The van der Waals surface area contributed by atoms with Gasteiger partial charge in [0.2, 0.25) is 0 Å². The number of ether oxygens (including phenoxy) is 2. The van der Waals surface area contributed by atoms with Gasteiger partial charge in [-0.1, -0.05) is 18.2 Å². The number of hydrogen-bond donors (Lipinski definition) is 1. The molecule has 0 aliphatic heterocycles. The zero-order valence-corrected chi connectivity index (χ0v) is 14.6. The lowest BCUT2D eigenvalue weighted by Crippen LogP contribution is -2.13. The van der Waals surface area contributed by atoms with E-state index >= 15 is 0 Å². The molecule has 0 fully saturated rings. The molecule has 25 heavy (non-hydrogen) atoms. The summed E-state index contributed by atoms with van der Waals surface area (Å²) in [6, 6.07) is 14.4. The smallest absolute Gasteiger partial charge is 0.255 e. The van der Waals surface area contributed by atoms with Crippen LogP contribution in [0.15, 0.2) is 59.4 Å². The molecule has 0 saturated heterocycles. The van der Waals surface area contributed by atoms with Crippen molar-refractivity contribution in [2.75, 3.05) is 11.9 Å². The van der Waals surface area contributed by atoms with Crippen molar-refractivity contribution in [2.45, 2.75) is 13.5 Å².